The van der Waals surface area contributed by atoms with Gasteiger partial charge in [0.1, 0.15) is 10.2 Å². The Morgan fingerprint density at radius 3 is 2.29 bits per heavy atom. The molecule has 1 saturated carbocycles. The van der Waals surface area contributed by atoms with E-state index in [4.69, 9.17) is 58.0 Å². The lowest BCUT2D eigenvalue weighted by molar-refractivity contribution is -0.117. The van der Waals surface area contributed by atoms with E-state index < -0.39 is 27.9 Å². The summed E-state index contributed by atoms with van der Waals surface area (Å²) in [5.41, 5.74) is 2.16. The van der Waals surface area contributed by atoms with Crippen molar-refractivity contribution in [1.82, 2.24) is 0 Å². The zero-order valence-corrected chi connectivity index (χ0v) is 21.4. The standard InChI is InChI=1S/C25H17Cl5FNO2/c1-12-2-3-13(20(31)6-12)9-21(33)18-11-17(4-5-19(18)28)32-24(34)23-22(25(23,29)30)14-7-15(26)10-16(27)8-14/h2-8,10-11,22-23H,9H2,1H3,(H,32,34). The van der Waals surface area contributed by atoms with E-state index in [0.29, 0.717) is 21.3 Å². The van der Waals surface area contributed by atoms with Crippen molar-refractivity contribution >= 4 is 75.4 Å². The van der Waals surface area contributed by atoms with Crippen LogP contribution in [-0.4, -0.2) is 16.0 Å². The van der Waals surface area contributed by atoms with Crippen molar-refractivity contribution in [2.24, 2.45) is 5.92 Å². The van der Waals surface area contributed by atoms with E-state index in [-0.39, 0.29) is 28.4 Å². The third-order valence-corrected chi connectivity index (χ3v) is 7.38. The predicted molar refractivity (Wildman–Crippen MR) is 136 cm³/mol. The van der Waals surface area contributed by atoms with Gasteiger partial charge < -0.3 is 5.32 Å². The molecule has 1 amide bonds. The van der Waals surface area contributed by atoms with Crippen molar-refractivity contribution in [3.63, 3.8) is 0 Å². The van der Waals surface area contributed by atoms with Crippen LogP contribution in [0.1, 0.15) is 33.0 Å². The third-order valence-electron chi connectivity index (χ3n) is 5.67. The number of hydrogen-bond donors (Lipinski definition) is 1. The zero-order chi connectivity index (χ0) is 24.8. The summed E-state index contributed by atoms with van der Waals surface area (Å²) in [4.78, 5) is 25.8. The average Bonchev–Trinajstić information content (AvgIpc) is 3.33. The number of halogens is 6. The molecule has 4 rings (SSSR count). The molecular formula is C25H17Cl5FNO2. The molecule has 1 fully saturated rings. The maximum absolute atomic E-state index is 14.2. The number of amides is 1. The van der Waals surface area contributed by atoms with Crippen LogP contribution in [0.25, 0.3) is 0 Å². The number of anilines is 1. The summed E-state index contributed by atoms with van der Waals surface area (Å²) in [5, 5.41) is 3.74. The maximum atomic E-state index is 14.2. The minimum atomic E-state index is -1.34. The molecule has 0 saturated heterocycles. The Morgan fingerprint density at radius 1 is 0.971 bits per heavy atom. The van der Waals surface area contributed by atoms with Gasteiger partial charge in [0.2, 0.25) is 5.91 Å². The van der Waals surface area contributed by atoms with E-state index in [0.717, 1.165) is 5.56 Å². The summed E-state index contributed by atoms with van der Waals surface area (Å²) in [6, 6.07) is 14.1. The molecule has 3 nitrogen and oxygen atoms in total. The highest BCUT2D eigenvalue weighted by Gasteiger charge is 2.67. The smallest absolute Gasteiger partial charge is 0.231 e. The molecule has 2 atom stereocenters. The lowest BCUT2D eigenvalue weighted by Crippen LogP contribution is -2.17. The van der Waals surface area contributed by atoms with Gasteiger partial charge in [-0.1, -0.05) is 46.9 Å². The molecule has 0 aromatic heterocycles. The lowest BCUT2D eigenvalue weighted by Gasteiger charge is -2.10. The molecule has 0 radical (unpaired) electrons. The SMILES string of the molecule is Cc1ccc(CC(=O)c2cc(NC(=O)C3C(c4cc(Cl)cc(Cl)c4)C3(Cl)Cl)ccc2Cl)c(F)c1. The Hall–Kier alpha value is -1.82. The van der Waals surface area contributed by atoms with Crippen LogP contribution in [0.4, 0.5) is 10.1 Å². The van der Waals surface area contributed by atoms with Gasteiger partial charge in [-0.2, -0.15) is 0 Å². The lowest BCUT2D eigenvalue weighted by atomic mass is 10.0. The second-order valence-corrected chi connectivity index (χ2v) is 10.9. The molecule has 1 aliphatic carbocycles. The van der Waals surface area contributed by atoms with Gasteiger partial charge in [-0.3, -0.25) is 9.59 Å². The molecule has 1 aliphatic rings. The molecule has 0 heterocycles. The van der Waals surface area contributed by atoms with E-state index in [1.807, 2.05) is 0 Å². The second kappa shape index (κ2) is 9.67. The number of carbonyl (C=O) groups excluding carboxylic acids is 2. The van der Waals surface area contributed by atoms with Crippen LogP contribution >= 0.6 is 58.0 Å². The summed E-state index contributed by atoms with van der Waals surface area (Å²) < 4.78 is 12.8. The number of alkyl halides is 2. The predicted octanol–water partition coefficient (Wildman–Crippen LogP) is 8.05. The number of ketones is 1. The van der Waals surface area contributed by atoms with Crippen molar-refractivity contribution in [2.75, 3.05) is 5.32 Å². The van der Waals surface area contributed by atoms with Gasteiger partial charge >= 0.3 is 0 Å². The summed E-state index contributed by atoms with van der Waals surface area (Å²) in [6.07, 6.45) is -0.171. The van der Waals surface area contributed by atoms with Gasteiger partial charge in [0.25, 0.3) is 0 Å². The molecular weight excluding hydrogens is 543 g/mol. The quantitative estimate of drug-likeness (QED) is 0.245. The van der Waals surface area contributed by atoms with E-state index in [2.05, 4.69) is 5.32 Å². The summed E-state index contributed by atoms with van der Waals surface area (Å²) in [6.45, 7) is 1.76. The third kappa shape index (κ3) is 5.22. The van der Waals surface area contributed by atoms with Crippen LogP contribution in [0.3, 0.4) is 0 Å². The topological polar surface area (TPSA) is 46.2 Å². The number of nitrogens with one attached hydrogen (secondary N) is 1. The molecule has 1 N–H and O–H groups in total. The van der Waals surface area contributed by atoms with Crippen LogP contribution in [0.2, 0.25) is 15.1 Å². The highest BCUT2D eigenvalue weighted by Crippen LogP contribution is 2.65. The summed E-state index contributed by atoms with van der Waals surface area (Å²) in [7, 11) is 0. The number of benzene rings is 3. The molecule has 176 valence electrons. The van der Waals surface area contributed by atoms with Crippen molar-refractivity contribution in [3.8, 4) is 0 Å². The maximum Gasteiger partial charge on any atom is 0.231 e. The van der Waals surface area contributed by atoms with Crippen LogP contribution in [0.15, 0.2) is 54.6 Å². The van der Waals surface area contributed by atoms with Gasteiger partial charge in [-0.15, -0.1) is 23.2 Å². The van der Waals surface area contributed by atoms with Crippen molar-refractivity contribution in [1.29, 1.82) is 0 Å². The summed E-state index contributed by atoms with van der Waals surface area (Å²) in [5.74, 6) is -2.55. The second-order valence-electron chi connectivity index (χ2n) is 8.21. The van der Waals surface area contributed by atoms with Gasteiger partial charge in [-0.05, 0) is 66.1 Å². The summed E-state index contributed by atoms with van der Waals surface area (Å²) >= 11 is 31.2. The largest absolute Gasteiger partial charge is 0.326 e. The van der Waals surface area contributed by atoms with E-state index in [1.165, 1.54) is 18.2 Å². The fraction of sp³-hybridized carbons (Fsp3) is 0.200. The van der Waals surface area contributed by atoms with Crippen molar-refractivity contribution in [2.45, 2.75) is 23.6 Å². The Balaban J connectivity index is 1.52. The Morgan fingerprint density at radius 2 is 1.65 bits per heavy atom. The highest BCUT2D eigenvalue weighted by molar-refractivity contribution is 6.53. The minimum Gasteiger partial charge on any atom is -0.326 e. The first-order valence-electron chi connectivity index (χ1n) is 10.2. The molecule has 9 heteroatoms. The van der Waals surface area contributed by atoms with Crippen LogP contribution in [0.5, 0.6) is 0 Å². The first-order chi connectivity index (χ1) is 16.0. The normalized spacial score (nSPS) is 18.4. The minimum absolute atomic E-state index is 0.163. The van der Waals surface area contributed by atoms with Gasteiger partial charge in [0.15, 0.2) is 5.78 Å². The van der Waals surface area contributed by atoms with Crippen LogP contribution in [-0.2, 0) is 11.2 Å². The molecule has 0 aliphatic heterocycles. The Kier molecular flexibility index (Phi) is 7.19. The number of Topliss-reactive ketones (excluding diaryl/α,β-unsaturated/α-hetero) is 1. The molecule has 0 spiro atoms. The average molecular weight is 560 g/mol. The first kappa shape index (κ1) is 25.3. The fourth-order valence-corrected chi connectivity index (χ4v) is 5.52. The number of aryl methyl sites for hydroxylation is 1. The molecule has 34 heavy (non-hydrogen) atoms. The highest BCUT2D eigenvalue weighted by atomic mass is 35.5. The van der Waals surface area contributed by atoms with Crippen molar-refractivity contribution < 1.29 is 14.0 Å². The zero-order valence-electron chi connectivity index (χ0n) is 17.6. The number of carbonyl (C=O) groups is 2. The van der Waals surface area contributed by atoms with Gasteiger partial charge in [-0.25, -0.2) is 4.39 Å². The Bertz CT molecular complexity index is 1290. The molecule has 3 aromatic rings. The fourth-order valence-electron chi connectivity index (χ4n) is 3.92. The monoisotopic (exact) mass is 557 g/mol. The van der Waals surface area contributed by atoms with Gasteiger partial charge in [0.05, 0.1) is 10.9 Å². The first-order valence-corrected chi connectivity index (χ1v) is 12.1. The van der Waals surface area contributed by atoms with Gasteiger partial charge in [0, 0.05) is 33.6 Å². The Labute approximate surface area is 221 Å². The van der Waals surface area contributed by atoms with E-state index in [9.17, 15) is 14.0 Å². The molecule has 2 unspecified atom stereocenters. The number of hydrogen-bond acceptors (Lipinski definition) is 2. The molecule has 0 bridgehead atoms. The van der Waals surface area contributed by atoms with Crippen molar-refractivity contribution in [3.05, 3.63) is 97.7 Å². The van der Waals surface area contributed by atoms with E-state index in [1.54, 1.807) is 43.3 Å². The van der Waals surface area contributed by atoms with E-state index >= 15 is 0 Å². The molecule has 3 aromatic carbocycles. The van der Waals surface area contributed by atoms with Crippen LogP contribution in [0, 0.1) is 18.7 Å². The number of rotatable bonds is 6. The van der Waals surface area contributed by atoms with Crippen LogP contribution < -0.4 is 5.32 Å².